The van der Waals surface area contributed by atoms with Crippen LogP contribution in [0.5, 0.6) is 0 Å². The lowest BCUT2D eigenvalue weighted by Crippen LogP contribution is -2.23. The van der Waals surface area contributed by atoms with E-state index in [9.17, 15) is 4.79 Å². The summed E-state index contributed by atoms with van der Waals surface area (Å²) in [5.41, 5.74) is 3.11. The van der Waals surface area contributed by atoms with E-state index < -0.39 is 0 Å². The maximum Gasteiger partial charge on any atom is 0.266 e. The van der Waals surface area contributed by atoms with E-state index in [1.165, 1.54) is 17.3 Å². The molecule has 4 nitrogen and oxygen atoms in total. The summed E-state index contributed by atoms with van der Waals surface area (Å²) in [6.45, 7) is 3.96. The van der Waals surface area contributed by atoms with E-state index in [4.69, 9.17) is 0 Å². The topological polar surface area (TPSA) is 45.6 Å². The van der Waals surface area contributed by atoms with E-state index in [0.29, 0.717) is 15.9 Å². The van der Waals surface area contributed by atoms with Crippen molar-refractivity contribution in [2.45, 2.75) is 13.8 Å². The lowest BCUT2D eigenvalue weighted by molar-refractivity contribution is -0.121. The number of hydrogen-bond acceptors (Lipinski definition) is 4. The number of carbonyl (C=O) groups is 1. The summed E-state index contributed by atoms with van der Waals surface area (Å²) in [7, 11) is 1.74. The van der Waals surface area contributed by atoms with Crippen molar-refractivity contribution >= 4 is 34.7 Å². The molecule has 1 saturated heterocycles. The predicted molar refractivity (Wildman–Crippen MR) is 95.6 cm³/mol. The largest absolute Gasteiger partial charge is 0.289 e. The third-order valence-electron chi connectivity index (χ3n) is 3.46. The smallest absolute Gasteiger partial charge is 0.266 e. The highest BCUT2D eigenvalue weighted by Crippen LogP contribution is 2.32. The Hall–Kier alpha value is -2.40. The first kappa shape index (κ1) is 15.5. The molecule has 1 amide bonds. The molecule has 1 aromatic carbocycles. The Labute approximate surface area is 140 Å². The Morgan fingerprint density at radius 3 is 2.57 bits per heavy atom. The number of rotatable bonds is 2. The number of aliphatic imine (C=N–C) groups is 1. The summed E-state index contributed by atoms with van der Waals surface area (Å²) in [5, 5.41) is 0.645. The highest BCUT2D eigenvalue weighted by Gasteiger charge is 2.30. The second-order valence-electron chi connectivity index (χ2n) is 5.42. The Morgan fingerprint density at radius 1 is 1.13 bits per heavy atom. The van der Waals surface area contributed by atoms with Crippen molar-refractivity contribution in [2.24, 2.45) is 4.99 Å². The molecule has 116 valence electrons. The molecular weight excluding hydrogens is 306 g/mol. The number of thioether (sulfide) groups is 1. The van der Waals surface area contributed by atoms with E-state index in [1.807, 2.05) is 62.4 Å². The maximum absolute atomic E-state index is 12.4. The third kappa shape index (κ3) is 3.51. The minimum atomic E-state index is -0.0398. The minimum absolute atomic E-state index is 0.0398. The van der Waals surface area contributed by atoms with Gasteiger partial charge < -0.3 is 0 Å². The maximum atomic E-state index is 12.4. The number of amidine groups is 1. The number of benzene rings is 1. The van der Waals surface area contributed by atoms with E-state index in [1.54, 1.807) is 11.9 Å². The molecule has 0 aliphatic carbocycles. The molecule has 0 bridgehead atoms. The molecule has 0 radical (unpaired) electrons. The molecule has 1 aliphatic rings. The van der Waals surface area contributed by atoms with Crippen LogP contribution in [0.2, 0.25) is 0 Å². The van der Waals surface area contributed by atoms with E-state index in [2.05, 4.69) is 9.98 Å². The number of amides is 1. The molecule has 0 saturated carbocycles. The molecule has 3 rings (SSSR count). The molecule has 0 N–H and O–H groups in total. The molecule has 1 fully saturated rings. The van der Waals surface area contributed by atoms with Crippen LogP contribution in [0.4, 0.5) is 5.82 Å². The van der Waals surface area contributed by atoms with Crippen molar-refractivity contribution in [3.8, 4) is 0 Å². The normalized spacial score (nSPS) is 18.2. The van der Waals surface area contributed by atoms with Crippen LogP contribution in [-0.2, 0) is 4.79 Å². The Kier molecular flexibility index (Phi) is 4.30. The fraction of sp³-hybridized carbons (Fsp3) is 0.167. The average molecular weight is 323 g/mol. The molecule has 0 unspecified atom stereocenters. The van der Waals surface area contributed by atoms with Gasteiger partial charge in [0.05, 0.1) is 4.91 Å². The first-order valence-corrected chi connectivity index (χ1v) is 8.11. The average Bonchev–Trinajstić information content (AvgIpc) is 2.78. The fourth-order valence-corrected chi connectivity index (χ4v) is 3.13. The van der Waals surface area contributed by atoms with E-state index >= 15 is 0 Å². The van der Waals surface area contributed by atoms with Crippen LogP contribution in [0.1, 0.15) is 16.8 Å². The van der Waals surface area contributed by atoms with Gasteiger partial charge in [-0.25, -0.2) is 9.98 Å². The number of pyridine rings is 1. The standard InChI is InChI=1S/C18H17N3OS/c1-12-7-9-14(10-8-12)11-15-17(22)21(3)18(23-15)20-16-6-4-5-13(2)19-16/h4-11H,1-3H3/b15-11-,20-18+. The predicted octanol–water partition coefficient (Wildman–Crippen LogP) is 3.93. The molecule has 0 spiro atoms. The van der Waals surface area contributed by atoms with Gasteiger partial charge in [-0.3, -0.25) is 9.69 Å². The molecule has 2 aromatic rings. The van der Waals surface area contributed by atoms with Gasteiger partial charge in [-0.1, -0.05) is 35.9 Å². The van der Waals surface area contributed by atoms with Crippen LogP contribution < -0.4 is 0 Å². The van der Waals surface area contributed by atoms with Crippen molar-refractivity contribution in [1.29, 1.82) is 0 Å². The molecule has 5 heteroatoms. The summed E-state index contributed by atoms with van der Waals surface area (Å²) in [6, 6.07) is 13.7. The highest BCUT2D eigenvalue weighted by molar-refractivity contribution is 8.18. The lowest BCUT2D eigenvalue weighted by atomic mass is 10.1. The SMILES string of the molecule is Cc1ccc(/C=C2\S/C(=N/c3cccc(C)n3)N(C)C2=O)cc1. The molecular formula is C18H17N3OS. The number of nitrogens with zero attached hydrogens (tertiary/aromatic N) is 3. The first-order chi connectivity index (χ1) is 11.0. The van der Waals surface area contributed by atoms with Gasteiger partial charge in [0.15, 0.2) is 11.0 Å². The van der Waals surface area contributed by atoms with Gasteiger partial charge in [0, 0.05) is 12.7 Å². The van der Waals surface area contributed by atoms with Crippen molar-refractivity contribution < 1.29 is 4.79 Å². The monoisotopic (exact) mass is 323 g/mol. The second-order valence-corrected chi connectivity index (χ2v) is 6.43. The number of aryl methyl sites for hydroxylation is 2. The van der Waals surface area contributed by atoms with Crippen molar-refractivity contribution in [3.63, 3.8) is 0 Å². The number of aromatic nitrogens is 1. The van der Waals surface area contributed by atoms with Crippen LogP contribution in [0.15, 0.2) is 52.4 Å². The van der Waals surface area contributed by atoms with Crippen molar-refractivity contribution in [1.82, 2.24) is 9.88 Å². The van der Waals surface area contributed by atoms with Crippen LogP contribution in [0.25, 0.3) is 6.08 Å². The summed E-state index contributed by atoms with van der Waals surface area (Å²) in [6.07, 6.45) is 1.90. The van der Waals surface area contributed by atoms with Gasteiger partial charge in [-0.05, 0) is 49.4 Å². The summed E-state index contributed by atoms with van der Waals surface area (Å²) in [4.78, 5) is 23.5. The van der Waals surface area contributed by atoms with Crippen LogP contribution in [0, 0.1) is 13.8 Å². The number of likely N-dealkylation sites (N-methyl/N-ethyl adjacent to an activating group) is 1. The zero-order chi connectivity index (χ0) is 16.4. The van der Waals surface area contributed by atoms with E-state index in [-0.39, 0.29) is 5.91 Å². The third-order valence-corrected chi connectivity index (χ3v) is 4.52. The zero-order valence-electron chi connectivity index (χ0n) is 13.3. The summed E-state index contributed by atoms with van der Waals surface area (Å²) in [5.74, 6) is 0.575. The Balaban J connectivity index is 1.89. The lowest BCUT2D eigenvalue weighted by Gasteiger charge is -2.06. The fourth-order valence-electron chi connectivity index (χ4n) is 2.15. The minimum Gasteiger partial charge on any atom is -0.289 e. The van der Waals surface area contributed by atoms with Gasteiger partial charge in [-0.2, -0.15) is 0 Å². The zero-order valence-corrected chi connectivity index (χ0v) is 14.1. The molecule has 2 heterocycles. The van der Waals surface area contributed by atoms with Crippen LogP contribution >= 0.6 is 11.8 Å². The van der Waals surface area contributed by atoms with Crippen molar-refractivity contribution in [2.75, 3.05) is 7.05 Å². The highest BCUT2D eigenvalue weighted by atomic mass is 32.2. The molecule has 1 aromatic heterocycles. The summed E-state index contributed by atoms with van der Waals surface area (Å²) < 4.78 is 0. The van der Waals surface area contributed by atoms with E-state index in [0.717, 1.165) is 11.3 Å². The summed E-state index contributed by atoms with van der Waals surface area (Å²) >= 11 is 1.37. The van der Waals surface area contributed by atoms with Crippen LogP contribution in [0.3, 0.4) is 0 Å². The van der Waals surface area contributed by atoms with Crippen molar-refractivity contribution in [3.05, 3.63) is 64.2 Å². The number of carbonyl (C=O) groups excluding carboxylic acids is 1. The molecule has 1 aliphatic heterocycles. The number of hydrogen-bond donors (Lipinski definition) is 0. The molecule has 0 atom stereocenters. The van der Waals surface area contributed by atoms with Gasteiger partial charge >= 0.3 is 0 Å². The van der Waals surface area contributed by atoms with Gasteiger partial charge in [0.1, 0.15) is 0 Å². The Bertz CT molecular complexity index is 809. The first-order valence-electron chi connectivity index (χ1n) is 7.29. The van der Waals surface area contributed by atoms with Gasteiger partial charge in [0.2, 0.25) is 0 Å². The van der Waals surface area contributed by atoms with Gasteiger partial charge in [0.25, 0.3) is 5.91 Å². The Morgan fingerprint density at radius 2 is 1.87 bits per heavy atom. The molecule has 23 heavy (non-hydrogen) atoms. The van der Waals surface area contributed by atoms with Crippen LogP contribution in [-0.4, -0.2) is 28.0 Å². The van der Waals surface area contributed by atoms with Gasteiger partial charge in [-0.15, -0.1) is 0 Å². The second kappa shape index (κ2) is 6.38. The quantitative estimate of drug-likeness (QED) is 0.787.